The van der Waals surface area contributed by atoms with E-state index >= 15 is 0 Å². The van der Waals surface area contributed by atoms with E-state index in [0.717, 1.165) is 17.0 Å². The second-order valence-electron chi connectivity index (χ2n) is 5.97. The van der Waals surface area contributed by atoms with E-state index in [4.69, 9.17) is 4.74 Å². The molecule has 0 bridgehead atoms. The summed E-state index contributed by atoms with van der Waals surface area (Å²) in [7, 11) is 0. The first-order chi connectivity index (χ1) is 11.1. The zero-order chi connectivity index (χ0) is 16.4. The van der Waals surface area contributed by atoms with Crippen molar-refractivity contribution in [2.75, 3.05) is 6.61 Å². The Morgan fingerprint density at radius 3 is 2.57 bits per heavy atom. The fraction of sp³-hybridized carbons (Fsp3) is 0.333. The molecule has 23 heavy (non-hydrogen) atoms. The van der Waals surface area contributed by atoms with E-state index in [1.54, 1.807) is 15.3 Å². The van der Waals surface area contributed by atoms with Gasteiger partial charge in [-0.2, -0.15) is 5.10 Å². The van der Waals surface area contributed by atoms with Crippen LogP contribution in [0.15, 0.2) is 47.5 Å². The quantitative estimate of drug-likeness (QED) is 0.727. The van der Waals surface area contributed by atoms with Gasteiger partial charge in [-0.05, 0) is 43.2 Å². The molecule has 2 aromatic heterocycles. The Bertz CT molecular complexity index is 860. The van der Waals surface area contributed by atoms with Crippen LogP contribution in [0.25, 0.3) is 16.8 Å². The average Bonchev–Trinajstić information content (AvgIpc) is 2.96. The Labute approximate surface area is 135 Å². The zero-order valence-electron chi connectivity index (χ0n) is 13.7. The molecule has 120 valence electrons. The third-order valence-electron chi connectivity index (χ3n) is 3.63. The second kappa shape index (κ2) is 6.28. The van der Waals surface area contributed by atoms with E-state index in [1.807, 2.05) is 43.5 Å². The lowest BCUT2D eigenvalue weighted by atomic mass is 10.1. The van der Waals surface area contributed by atoms with Crippen LogP contribution in [-0.2, 0) is 6.54 Å². The molecule has 0 atom stereocenters. The lowest BCUT2D eigenvalue weighted by molar-refractivity contribution is 0.340. The predicted octanol–water partition coefficient (Wildman–Crippen LogP) is 3.22. The molecule has 0 fully saturated rings. The maximum Gasteiger partial charge on any atom is 0.276 e. The van der Waals surface area contributed by atoms with Gasteiger partial charge in [0.25, 0.3) is 5.56 Å². The average molecular weight is 311 g/mol. The minimum atomic E-state index is -0.00844. The number of benzene rings is 1. The molecule has 5 heteroatoms. The van der Waals surface area contributed by atoms with Crippen molar-refractivity contribution in [3.8, 4) is 17.0 Å². The lowest BCUT2D eigenvalue weighted by Gasteiger charge is -2.07. The molecule has 0 saturated carbocycles. The summed E-state index contributed by atoms with van der Waals surface area (Å²) in [5.41, 5.74) is 2.34. The fourth-order valence-electron chi connectivity index (χ4n) is 2.59. The van der Waals surface area contributed by atoms with E-state index in [9.17, 15) is 4.79 Å². The van der Waals surface area contributed by atoms with E-state index in [2.05, 4.69) is 18.9 Å². The maximum absolute atomic E-state index is 12.5. The molecule has 0 aliphatic rings. The molecule has 2 heterocycles. The Balaban J connectivity index is 1.99. The van der Waals surface area contributed by atoms with Crippen molar-refractivity contribution in [2.24, 2.45) is 5.92 Å². The fourth-order valence-corrected chi connectivity index (χ4v) is 2.59. The monoisotopic (exact) mass is 311 g/mol. The van der Waals surface area contributed by atoms with Crippen molar-refractivity contribution in [3.63, 3.8) is 0 Å². The van der Waals surface area contributed by atoms with Gasteiger partial charge < -0.3 is 9.30 Å². The van der Waals surface area contributed by atoms with Crippen LogP contribution >= 0.6 is 0 Å². The molecule has 0 unspecified atom stereocenters. The van der Waals surface area contributed by atoms with Crippen LogP contribution in [0.5, 0.6) is 5.75 Å². The van der Waals surface area contributed by atoms with Crippen molar-refractivity contribution in [1.29, 1.82) is 0 Å². The van der Waals surface area contributed by atoms with Crippen LogP contribution < -0.4 is 10.3 Å². The standard InChI is InChI=1S/C18H21N3O2/c1-4-23-15-7-5-14(6-8-15)16-11-17-18(22)20(12-13(2)3)9-10-21(17)19-16/h5-11,13H,4,12H2,1-3H3. The molecule has 0 saturated heterocycles. The van der Waals surface area contributed by atoms with Gasteiger partial charge in [-0.25, -0.2) is 4.52 Å². The third-order valence-corrected chi connectivity index (χ3v) is 3.63. The van der Waals surface area contributed by atoms with Crippen molar-refractivity contribution in [2.45, 2.75) is 27.3 Å². The Kier molecular flexibility index (Phi) is 4.19. The van der Waals surface area contributed by atoms with Gasteiger partial charge in [0.2, 0.25) is 0 Å². The summed E-state index contributed by atoms with van der Waals surface area (Å²) in [6, 6.07) is 9.59. The molecule has 1 aromatic carbocycles. The zero-order valence-corrected chi connectivity index (χ0v) is 13.7. The molecule has 0 amide bonds. The van der Waals surface area contributed by atoms with Gasteiger partial charge in [0.1, 0.15) is 11.3 Å². The van der Waals surface area contributed by atoms with Gasteiger partial charge in [-0.1, -0.05) is 13.8 Å². The van der Waals surface area contributed by atoms with Gasteiger partial charge >= 0.3 is 0 Å². The number of aromatic nitrogens is 3. The van der Waals surface area contributed by atoms with Gasteiger partial charge in [0, 0.05) is 24.5 Å². The summed E-state index contributed by atoms with van der Waals surface area (Å²) >= 11 is 0. The number of hydrogen-bond donors (Lipinski definition) is 0. The smallest absolute Gasteiger partial charge is 0.276 e. The first-order valence-corrected chi connectivity index (χ1v) is 7.90. The van der Waals surface area contributed by atoms with Crippen LogP contribution in [0, 0.1) is 5.92 Å². The van der Waals surface area contributed by atoms with E-state index in [0.29, 0.717) is 24.6 Å². The highest BCUT2D eigenvalue weighted by molar-refractivity contribution is 5.66. The highest BCUT2D eigenvalue weighted by atomic mass is 16.5. The molecule has 3 aromatic rings. The minimum absolute atomic E-state index is 0.00844. The number of nitrogens with zero attached hydrogens (tertiary/aromatic N) is 3. The van der Waals surface area contributed by atoms with Crippen LogP contribution in [0.3, 0.4) is 0 Å². The van der Waals surface area contributed by atoms with Crippen LogP contribution in [0.2, 0.25) is 0 Å². The number of rotatable bonds is 5. The summed E-state index contributed by atoms with van der Waals surface area (Å²) in [6.07, 6.45) is 3.63. The lowest BCUT2D eigenvalue weighted by Crippen LogP contribution is -2.23. The first kappa shape index (κ1) is 15.3. The molecule has 0 aliphatic heterocycles. The molecular weight excluding hydrogens is 290 g/mol. The van der Waals surface area contributed by atoms with E-state index in [-0.39, 0.29) is 5.56 Å². The Morgan fingerprint density at radius 2 is 1.91 bits per heavy atom. The van der Waals surface area contributed by atoms with Gasteiger partial charge in [-0.15, -0.1) is 0 Å². The highest BCUT2D eigenvalue weighted by Crippen LogP contribution is 2.21. The van der Waals surface area contributed by atoms with Gasteiger partial charge in [0.05, 0.1) is 12.3 Å². The maximum atomic E-state index is 12.5. The van der Waals surface area contributed by atoms with Crippen LogP contribution in [-0.4, -0.2) is 20.8 Å². The molecule has 0 radical (unpaired) electrons. The summed E-state index contributed by atoms with van der Waals surface area (Å²) in [4.78, 5) is 12.5. The Hall–Kier alpha value is -2.56. The van der Waals surface area contributed by atoms with Crippen LogP contribution in [0.1, 0.15) is 20.8 Å². The molecular formula is C18H21N3O2. The van der Waals surface area contributed by atoms with E-state index in [1.165, 1.54) is 0 Å². The van der Waals surface area contributed by atoms with E-state index < -0.39 is 0 Å². The summed E-state index contributed by atoms with van der Waals surface area (Å²) in [6.45, 7) is 7.50. The normalized spacial score (nSPS) is 11.3. The van der Waals surface area contributed by atoms with Crippen LogP contribution in [0.4, 0.5) is 0 Å². The number of ether oxygens (including phenoxy) is 1. The molecule has 0 N–H and O–H groups in total. The number of hydrogen-bond acceptors (Lipinski definition) is 3. The SMILES string of the molecule is CCOc1ccc(-c2cc3c(=O)n(CC(C)C)ccn3n2)cc1. The van der Waals surface area contributed by atoms with Crippen molar-refractivity contribution in [3.05, 3.63) is 53.1 Å². The predicted molar refractivity (Wildman–Crippen MR) is 90.9 cm³/mol. The second-order valence-corrected chi connectivity index (χ2v) is 5.97. The third kappa shape index (κ3) is 3.13. The van der Waals surface area contributed by atoms with Crippen molar-refractivity contribution in [1.82, 2.24) is 14.2 Å². The van der Waals surface area contributed by atoms with Gasteiger partial charge in [-0.3, -0.25) is 4.79 Å². The molecule has 0 spiro atoms. The minimum Gasteiger partial charge on any atom is -0.494 e. The summed E-state index contributed by atoms with van der Waals surface area (Å²) in [5, 5.41) is 4.50. The molecule has 3 rings (SSSR count). The Morgan fingerprint density at radius 1 is 1.17 bits per heavy atom. The highest BCUT2D eigenvalue weighted by Gasteiger charge is 2.10. The largest absolute Gasteiger partial charge is 0.494 e. The topological polar surface area (TPSA) is 48.5 Å². The summed E-state index contributed by atoms with van der Waals surface area (Å²) < 4.78 is 8.83. The van der Waals surface area contributed by atoms with Crippen molar-refractivity contribution < 1.29 is 4.74 Å². The number of fused-ring (bicyclic) bond motifs is 1. The molecule has 0 aliphatic carbocycles. The first-order valence-electron chi connectivity index (χ1n) is 7.90. The molecule has 5 nitrogen and oxygen atoms in total. The van der Waals surface area contributed by atoms with Crippen molar-refractivity contribution >= 4 is 5.52 Å². The van der Waals surface area contributed by atoms with Gasteiger partial charge in [0.15, 0.2) is 0 Å². The summed E-state index contributed by atoms with van der Waals surface area (Å²) in [5.74, 6) is 1.25.